The number of halogens is 2. The SMILES string of the molecule is CCC1=C(C(=O)OC)C(c2cccc(Cl)c2Cl)n2ncnc2N1. The van der Waals surface area contributed by atoms with Crippen molar-refractivity contribution in [2.45, 2.75) is 19.4 Å². The summed E-state index contributed by atoms with van der Waals surface area (Å²) in [7, 11) is 1.34. The van der Waals surface area contributed by atoms with E-state index in [9.17, 15) is 4.79 Å². The van der Waals surface area contributed by atoms with E-state index < -0.39 is 12.0 Å². The standard InChI is InChI=1S/C15H14Cl2N4O2/c1-3-10-11(14(22)23-2)13(21-15(20-10)18-7-19-21)8-5-4-6-9(16)12(8)17/h4-7,13H,3H2,1-2H3,(H,18,19,20). The average Bonchev–Trinajstić information content (AvgIpc) is 3.03. The molecule has 0 amide bonds. The summed E-state index contributed by atoms with van der Waals surface area (Å²) in [5, 5.41) is 8.12. The number of anilines is 1. The normalized spacial score (nSPS) is 16.8. The first-order valence-electron chi connectivity index (χ1n) is 7.00. The first-order chi connectivity index (χ1) is 11.1. The third kappa shape index (κ3) is 2.58. The van der Waals surface area contributed by atoms with Crippen molar-refractivity contribution in [3.05, 3.63) is 51.4 Å². The molecular formula is C15H14Cl2N4O2. The van der Waals surface area contributed by atoms with Gasteiger partial charge in [-0.25, -0.2) is 9.48 Å². The van der Waals surface area contributed by atoms with Gasteiger partial charge in [0.1, 0.15) is 12.4 Å². The number of carbonyl (C=O) groups is 1. The minimum absolute atomic E-state index is 0.374. The number of allylic oxidation sites excluding steroid dienone is 1. The van der Waals surface area contributed by atoms with E-state index in [0.29, 0.717) is 33.6 Å². The van der Waals surface area contributed by atoms with Crippen LogP contribution in [-0.4, -0.2) is 27.8 Å². The molecule has 2 heterocycles. The highest BCUT2D eigenvalue weighted by Crippen LogP contribution is 2.40. The summed E-state index contributed by atoms with van der Waals surface area (Å²) < 4.78 is 6.56. The zero-order valence-corrected chi connectivity index (χ0v) is 14.0. The molecule has 1 unspecified atom stereocenters. The lowest BCUT2D eigenvalue weighted by Crippen LogP contribution is -2.30. The number of hydrogen-bond donors (Lipinski definition) is 1. The number of nitrogens with zero attached hydrogens (tertiary/aromatic N) is 3. The second-order valence-electron chi connectivity index (χ2n) is 4.94. The van der Waals surface area contributed by atoms with Gasteiger partial charge in [-0.3, -0.25) is 0 Å². The van der Waals surface area contributed by atoms with Crippen LogP contribution in [0.3, 0.4) is 0 Å². The molecule has 1 aromatic carbocycles. The van der Waals surface area contributed by atoms with Crippen LogP contribution in [0.5, 0.6) is 0 Å². The van der Waals surface area contributed by atoms with Crippen LogP contribution < -0.4 is 5.32 Å². The Morgan fingerprint density at radius 3 is 2.91 bits per heavy atom. The Kier molecular flexibility index (Phi) is 4.28. The summed E-state index contributed by atoms with van der Waals surface area (Å²) in [6.45, 7) is 1.94. The predicted octanol–water partition coefficient (Wildman–Crippen LogP) is 3.44. The first-order valence-corrected chi connectivity index (χ1v) is 7.75. The Balaban J connectivity index is 2.27. The third-order valence-corrected chi connectivity index (χ3v) is 4.55. The van der Waals surface area contributed by atoms with Crippen LogP contribution in [0.4, 0.5) is 5.95 Å². The highest BCUT2D eigenvalue weighted by Gasteiger charge is 2.36. The van der Waals surface area contributed by atoms with E-state index in [4.69, 9.17) is 27.9 Å². The molecule has 1 aromatic heterocycles. The number of carbonyl (C=O) groups excluding carboxylic acids is 1. The van der Waals surface area contributed by atoms with Crippen molar-refractivity contribution < 1.29 is 9.53 Å². The van der Waals surface area contributed by atoms with Crippen molar-refractivity contribution in [2.75, 3.05) is 12.4 Å². The summed E-state index contributed by atoms with van der Waals surface area (Å²) in [6, 6.07) is 4.73. The van der Waals surface area contributed by atoms with E-state index >= 15 is 0 Å². The smallest absolute Gasteiger partial charge is 0.338 e. The Bertz CT molecular complexity index is 801. The molecule has 1 aliphatic rings. The number of ether oxygens (including phenoxy) is 1. The van der Waals surface area contributed by atoms with Gasteiger partial charge in [0.2, 0.25) is 5.95 Å². The van der Waals surface area contributed by atoms with E-state index in [-0.39, 0.29) is 0 Å². The Labute approximate surface area is 143 Å². The molecule has 2 aromatic rings. The fraction of sp³-hybridized carbons (Fsp3) is 0.267. The number of aromatic nitrogens is 3. The van der Waals surface area contributed by atoms with Gasteiger partial charge in [0, 0.05) is 11.3 Å². The zero-order valence-electron chi connectivity index (χ0n) is 12.5. The van der Waals surface area contributed by atoms with Crippen molar-refractivity contribution in [3.63, 3.8) is 0 Å². The Hall–Kier alpha value is -2.05. The molecule has 0 aliphatic carbocycles. The molecule has 0 bridgehead atoms. The molecule has 0 saturated heterocycles. The van der Waals surface area contributed by atoms with E-state index in [2.05, 4.69) is 15.4 Å². The van der Waals surface area contributed by atoms with Gasteiger partial charge in [0.25, 0.3) is 0 Å². The van der Waals surface area contributed by atoms with Gasteiger partial charge in [-0.05, 0) is 12.5 Å². The number of fused-ring (bicyclic) bond motifs is 1. The topological polar surface area (TPSA) is 69.0 Å². The number of nitrogens with one attached hydrogen (secondary N) is 1. The van der Waals surface area contributed by atoms with Gasteiger partial charge in [-0.15, -0.1) is 0 Å². The van der Waals surface area contributed by atoms with Crippen molar-refractivity contribution in [3.8, 4) is 0 Å². The second kappa shape index (κ2) is 6.22. The molecule has 8 heteroatoms. The van der Waals surface area contributed by atoms with Gasteiger partial charge < -0.3 is 10.1 Å². The predicted molar refractivity (Wildman–Crippen MR) is 87.6 cm³/mol. The molecule has 3 rings (SSSR count). The summed E-state index contributed by atoms with van der Waals surface area (Å²) in [5.74, 6) is 0.0899. The molecule has 0 saturated carbocycles. The molecule has 0 radical (unpaired) electrons. The van der Waals surface area contributed by atoms with E-state index in [1.54, 1.807) is 16.8 Å². The number of esters is 1. The summed E-state index contributed by atoms with van der Waals surface area (Å²) in [6.07, 6.45) is 2.02. The van der Waals surface area contributed by atoms with Crippen LogP contribution in [0, 0.1) is 0 Å². The first kappa shape index (κ1) is 15.8. The van der Waals surface area contributed by atoms with Crippen LogP contribution >= 0.6 is 23.2 Å². The van der Waals surface area contributed by atoms with Gasteiger partial charge in [0.15, 0.2) is 0 Å². The maximum absolute atomic E-state index is 12.4. The van der Waals surface area contributed by atoms with Crippen molar-refractivity contribution >= 4 is 35.1 Å². The fourth-order valence-electron chi connectivity index (χ4n) is 2.66. The summed E-state index contributed by atoms with van der Waals surface area (Å²) >= 11 is 12.5. The van der Waals surface area contributed by atoms with Crippen LogP contribution in [0.15, 0.2) is 35.8 Å². The number of methoxy groups -OCH3 is 1. The summed E-state index contributed by atoms with van der Waals surface area (Å²) in [5.41, 5.74) is 1.83. The number of benzene rings is 1. The van der Waals surface area contributed by atoms with Crippen LogP contribution in [0.2, 0.25) is 10.0 Å². The van der Waals surface area contributed by atoms with Gasteiger partial charge in [-0.1, -0.05) is 42.3 Å². The van der Waals surface area contributed by atoms with Gasteiger partial charge >= 0.3 is 5.97 Å². The zero-order chi connectivity index (χ0) is 16.6. The lowest BCUT2D eigenvalue weighted by molar-refractivity contribution is -0.136. The highest BCUT2D eigenvalue weighted by molar-refractivity contribution is 6.42. The maximum atomic E-state index is 12.4. The fourth-order valence-corrected chi connectivity index (χ4v) is 3.07. The maximum Gasteiger partial charge on any atom is 0.338 e. The average molecular weight is 353 g/mol. The lowest BCUT2D eigenvalue weighted by Gasteiger charge is -2.29. The largest absolute Gasteiger partial charge is 0.466 e. The Morgan fingerprint density at radius 2 is 2.22 bits per heavy atom. The molecule has 6 nitrogen and oxygen atoms in total. The summed E-state index contributed by atoms with van der Waals surface area (Å²) in [4.78, 5) is 16.6. The number of hydrogen-bond acceptors (Lipinski definition) is 5. The van der Waals surface area contributed by atoms with E-state index in [0.717, 1.165) is 5.70 Å². The monoisotopic (exact) mass is 352 g/mol. The van der Waals surface area contributed by atoms with E-state index in [1.807, 2.05) is 13.0 Å². The van der Waals surface area contributed by atoms with Crippen LogP contribution in [0.1, 0.15) is 24.9 Å². The highest BCUT2D eigenvalue weighted by atomic mass is 35.5. The van der Waals surface area contributed by atoms with Crippen LogP contribution in [0.25, 0.3) is 0 Å². The van der Waals surface area contributed by atoms with E-state index in [1.165, 1.54) is 13.4 Å². The molecule has 1 atom stereocenters. The van der Waals surface area contributed by atoms with Crippen molar-refractivity contribution in [2.24, 2.45) is 0 Å². The molecule has 120 valence electrons. The molecular weight excluding hydrogens is 339 g/mol. The molecule has 1 aliphatic heterocycles. The number of rotatable bonds is 3. The van der Waals surface area contributed by atoms with Crippen molar-refractivity contribution in [1.29, 1.82) is 0 Å². The van der Waals surface area contributed by atoms with Crippen LogP contribution in [-0.2, 0) is 9.53 Å². The van der Waals surface area contributed by atoms with Crippen molar-refractivity contribution in [1.82, 2.24) is 14.8 Å². The van der Waals surface area contributed by atoms with Gasteiger partial charge in [-0.2, -0.15) is 10.1 Å². The second-order valence-corrected chi connectivity index (χ2v) is 5.72. The Morgan fingerprint density at radius 1 is 1.43 bits per heavy atom. The quantitative estimate of drug-likeness (QED) is 0.856. The molecule has 0 fully saturated rings. The lowest BCUT2D eigenvalue weighted by atomic mass is 9.94. The minimum Gasteiger partial charge on any atom is -0.466 e. The van der Waals surface area contributed by atoms with Gasteiger partial charge in [0.05, 0.1) is 22.7 Å². The molecule has 23 heavy (non-hydrogen) atoms. The third-order valence-electron chi connectivity index (χ3n) is 3.71. The minimum atomic E-state index is -0.553. The molecule has 0 spiro atoms. The molecule has 1 N–H and O–H groups in total.